The first kappa shape index (κ1) is 12.1. The maximum atomic E-state index is 11.5. The van der Waals surface area contributed by atoms with Crippen molar-refractivity contribution in [2.75, 3.05) is 0 Å². The van der Waals surface area contributed by atoms with Gasteiger partial charge in [-0.3, -0.25) is 4.98 Å². The molecule has 1 amide bonds. The van der Waals surface area contributed by atoms with E-state index in [1.807, 2.05) is 37.3 Å². The zero-order valence-electron chi connectivity index (χ0n) is 10.1. The molecule has 0 fully saturated rings. The summed E-state index contributed by atoms with van der Waals surface area (Å²) >= 11 is 0. The van der Waals surface area contributed by atoms with Crippen molar-refractivity contribution >= 4 is 6.09 Å². The normalized spacial score (nSPS) is 9.83. The molecule has 0 aliphatic carbocycles. The predicted octanol–water partition coefficient (Wildman–Crippen LogP) is 2.68. The lowest BCUT2D eigenvalue weighted by Crippen LogP contribution is -2.26. The van der Waals surface area contributed by atoms with Gasteiger partial charge in [-0.15, -0.1) is 0 Å². The highest BCUT2D eigenvalue weighted by atomic mass is 16.5. The van der Waals surface area contributed by atoms with Crippen LogP contribution in [0.15, 0.2) is 48.7 Å². The third kappa shape index (κ3) is 3.59. The minimum Gasteiger partial charge on any atom is -0.410 e. The molecule has 4 nitrogen and oxygen atoms in total. The molecule has 0 radical (unpaired) electrons. The van der Waals surface area contributed by atoms with Gasteiger partial charge in [-0.1, -0.05) is 24.3 Å². The number of amides is 1. The van der Waals surface area contributed by atoms with E-state index >= 15 is 0 Å². The minimum absolute atomic E-state index is 0.402. The van der Waals surface area contributed by atoms with Gasteiger partial charge in [-0.2, -0.15) is 0 Å². The minimum atomic E-state index is -0.471. The summed E-state index contributed by atoms with van der Waals surface area (Å²) in [6.45, 7) is 2.32. The maximum absolute atomic E-state index is 11.5. The zero-order chi connectivity index (χ0) is 12.8. The van der Waals surface area contributed by atoms with Crippen LogP contribution in [0.2, 0.25) is 0 Å². The standard InChI is InChI=1S/C14H14N2O2/c1-11-7-8-12(9-15-11)10-16-14(17)18-13-5-3-2-4-6-13/h2-9H,10H2,1H3,(H,16,17). The van der Waals surface area contributed by atoms with Gasteiger partial charge in [0.25, 0.3) is 0 Å². The Bertz CT molecular complexity index is 509. The number of carbonyl (C=O) groups is 1. The number of nitrogens with one attached hydrogen (secondary N) is 1. The van der Waals surface area contributed by atoms with Crippen LogP contribution in [-0.4, -0.2) is 11.1 Å². The third-order valence-corrected chi connectivity index (χ3v) is 2.36. The number of nitrogens with zero attached hydrogens (tertiary/aromatic N) is 1. The average Bonchev–Trinajstić information content (AvgIpc) is 2.39. The number of aromatic nitrogens is 1. The van der Waals surface area contributed by atoms with E-state index < -0.39 is 6.09 Å². The molecule has 0 aliphatic rings. The average molecular weight is 242 g/mol. The lowest BCUT2D eigenvalue weighted by Gasteiger charge is -2.06. The number of para-hydroxylation sites is 1. The summed E-state index contributed by atoms with van der Waals surface area (Å²) in [4.78, 5) is 15.6. The van der Waals surface area contributed by atoms with Gasteiger partial charge in [-0.25, -0.2) is 4.79 Å². The quantitative estimate of drug-likeness (QED) is 0.900. The molecule has 1 aromatic carbocycles. The van der Waals surface area contributed by atoms with E-state index in [9.17, 15) is 4.79 Å². The first-order chi connectivity index (χ1) is 8.74. The predicted molar refractivity (Wildman–Crippen MR) is 68.3 cm³/mol. The van der Waals surface area contributed by atoms with Gasteiger partial charge in [-0.05, 0) is 30.7 Å². The Labute approximate surface area is 106 Å². The van der Waals surface area contributed by atoms with Gasteiger partial charge in [0.05, 0.1) is 0 Å². The van der Waals surface area contributed by atoms with Gasteiger partial charge >= 0.3 is 6.09 Å². The molecule has 0 unspecified atom stereocenters. The molecule has 4 heteroatoms. The zero-order valence-corrected chi connectivity index (χ0v) is 10.1. The SMILES string of the molecule is Cc1ccc(CNC(=O)Oc2ccccc2)cn1. The molecule has 1 N–H and O–H groups in total. The number of carbonyl (C=O) groups excluding carboxylic acids is 1. The van der Waals surface area contributed by atoms with E-state index in [1.54, 1.807) is 18.3 Å². The van der Waals surface area contributed by atoms with E-state index in [0.717, 1.165) is 11.3 Å². The fourth-order valence-electron chi connectivity index (χ4n) is 1.41. The number of aryl methyl sites for hydroxylation is 1. The summed E-state index contributed by atoms with van der Waals surface area (Å²) in [5, 5.41) is 2.67. The molecule has 18 heavy (non-hydrogen) atoms. The molecule has 0 aliphatic heterocycles. The summed E-state index contributed by atoms with van der Waals surface area (Å²) < 4.78 is 5.09. The van der Waals surface area contributed by atoms with Gasteiger partial charge in [0.2, 0.25) is 0 Å². The Morgan fingerprint density at radius 2 is 2.00 bits per heavy atom. The Morgan fingerprint density at radius 1 is 1.22 bits per heavy atom. The van der Waals surface area contributed by atoms with E-state index in [4.69, 9.17) is 4.74 Å². The van der Waals surface area contributed by atoms with Crippen molar-refractivity contribution in [3.63, 3.8) is 0 Å². The first-order valence-corrected chi connectivity index (χ1v) is 5.66. The van der Waals surface area contributed by atoms with Crippen LogP contribution in [0.1, 0.15) is 11.3 Å². The van der Waals surface area contributed by atoms with Crippen molar-refractivity contribution in [2.24, 2.45) is 0 Å². The van der Waals surface area contributed by atoms with Crippen molar-refractivity contribution in [3.8, 4) is 5.75 Å². The number of benzene rings is 1. The topological polar surface area (TPSA) is 51.2 Å². The van der Waals surface area contributed by atoms with Crippen molar-refractivity contribution < 1.29 is 9.53 Å². The second-order valence-corrected chi connectivity index (χ2v) is 3.86. The van der Waals surface area contributed by atoms with Crippen LogP contribution in [0.3, 0.4) is 0 Å². The molecule has 0 atom stereocenters. The van der Waals surface area contributed by atoms with E-state index in [-0.39, 0.29) is 0 Å². The number of rotatable bonds is 3. The maximum Gasteiger partial charge on any atom is 0.412 e. The summed E-state index contributed by atoms with van der Waals surface area (Å²) in [5.74, 6) is 0.525. The van der Waals surface area contributed by atoms with Crippen LogP contribution >= 0.6 is 0 Å². The molecular weight excluding hydrogens is 228 g/mol. The van der Waals surface area contributed by atoms with Crippen LogP contribution in [0.25, 0.3) is 0 Å². The molecule has 2 rings (SSSR count). The number of ether oxygens (including phenoxy) is 1. The Kier molecular flexibility index (Phi) is 3.91. The summed E-state index contributed by atoms with van der Waals surface area (Å²) in [6.07, 6.45) is 1.26. The molecule has 0 bridgehead atoms. The lowest BCUT2D eigenvalue weighted by atomic mass is 10.2. The van der Waals surface area contributed by atoms with Crippen LogP contribution in [0.4, 0.5) is 4.79 Å². The molecule has 0 spiro atoms. The molecule has 1 heterocycles. The van der Waals surface area contributed by atoms with Crippen molar-refractivity contribution in [2.45, 2.75) is 13.5 Å². The van der Waals surface area contributed by atoms with Crippen molar-refractivity contribution in [3.05, 3.63) is 59.9 Å². The highest BCUT2D eigenvalue weighted by Crippen LogP contribution is 2.08. The Hall–Kier alpha value is -2.36. The third-order valence-electron chi connectivity index (χ3n) is 2.36. The highest BCUT2D eigenvalue weighted by molar-refractivity contribution is 5.70. The van der Waals surface area contributed by atoms with Crippen LogP contribution in [0, 0.1) is 6.92 Å². The monoisotopic (exact) mass is 242 g/mol. The van der Waals surface area contributed by atoms with E-state index in [2.05, 4.69) is 10.3 Å². The second-order valence-electron chi connectivity index (χ2n) is 3.86. The van der Waals surface area contributed by atoms with Gasteiger partial charge in [0.15, 0.2) is 0 Å². The van der Waals surface area contributed by atoms with Crippen LogP contribution < -0.4 is 10.1 Å². The van der Waals surface area contributed by atoms with E-state index in [1.165, 1.54) is 0 Å². The Morgan fingerprint density at radius 3 is 2.67 bits per heavy atom. The molecular formula is C14H14N2O2. The fourth-order valence-corrected chi connectivity index (χ4v) is 1.41. The second kappa shape index (κ2) is 5.82. The van der Waals surface area contributed by atoms with Gasteiger partial charge < -0.3 is 10.1 Å². The van der Waals surface area contributed by atoms with Crippen molar-refractivity contribution in [1.82, 2.24) is 10.3 Å². The molecule has 92 valence electrons. The number of hydrogen-bond acceptors (Lipinski definition) is 3. The van der Waals surface area contributed by atoms with E-state index in [0.29, 0.717) is 12.3 Å². The van der Waals surface area contributed by atoms with Crippen LogP contribution in [-0.2, 0) is 6.54 Å². The van der Waals surface area contributed by atoms with Gasteiger partial charge in [0, 0.05) is 18.4 Å². The molecule has 0 saturated heterocycles. The van der Waals surface area contributed by atoms with Crippen LogP contribution in [0.5, 0.6) is 5.75 Å². The largest absolute Gasteiger partial charge is 0.412 e. The smallest absolute Gasteiger partial charge is 0.410 e. The van der Waals surface area contributed by atoms with Crippen molar-refractivity contribution in [1.29, 1.82) is 0 Å². The Balaban J connectivity index is 1.83. The molecule has 2 aromatic rings. The summed E-state index contributed by atoms with van der Waals surface area (Å²) in [5.41, 5.74) is 1.89. The summed E-state index contributed by atoms with van der Waals surface area (Å²) in [7, 11) is 0. The first-order valence-electron chi connectivity index (χ1n) is 5.66. The number of pyridine rings is 1. The highest BCUT2D eigenvalue weighted by Gasteiger charge is 2.03. The van der Waals surface area contributed by atoms with Gasteiger partial charge in [0.1, 0.15) is 5.75 Å². The fraction of sp³-hybridized carbons (Fsp3) is 0.143. The number of hydrogen-bond donors (Lipinski definition) is 1. The summed E-state index contributed by atoms with van der Waals surface area (Å²) in [6, 6.07) is 12.8. The lowest BCUT2D eigenvalue weighted by molar-refractivity contribution is 0.200. The molecule has 1 aromatic heterocycles. The molecule has 0 saturated carbocycles.